The Morgan fingerprint density at radius 1 is 1.16 bits per heavy atom. The largest absolute Gasteiger partial charge is 0.497 e. The van der Waals surface area contributed by atoms with Gasteiger partial charge < -0.3 is 19.3 Å². The first-order valence-electron chi connectivity index (χ1n) is 10.3. The monoisotopic (exact) mass is 433 g/mol. The Labute approximate surface area is 184 Å². The van der Waals surface area contributed by atoms with Crippen LogP contribution in [0.4, 0.5) is 0 Å². The lowest BCUT2D eigenvalue weighted by atomic mass is 9.97. The van der Waals surface area contributed by atoms with Crippen molar-refractivity contribution < 1.29 is 14.0 Å². The topological polar surface area (TPSA) is 69.4 Å². The molecular formula is C24H20ClN3O3. The Kier molecular flexibility index (Phi) is 4.37. The van der Waals surface area contributed by atoms with Crippen molar-refractivity contribution in [2.75, 3.05) is 13.7 Å². The van der Waals surface area contributed by atoms with Crippen LogP contribution >= 0.6 is 11.6 Å². The third-order valence-electron chi connectivity index (χ3n) is 6.07. The lowest BCUT2D eigenvalue weighted by Crippen LogP contribution is -2.24. The van der Waals surface area contributed by atoms with Gasteiger partial charge in [-0.05, 0) is 35.9 Å². The highest BCUT2D eigenvalue weighted by molar-refractivity contribution is 6.31. The molecule has 2 aromatic heterocycles. The van der Waals surface area contributed by atoms with Crippen LogP contribution in [0.2, 0.25) is 5.02 Å². The van der Waals surface area contributed by atoms with E-state index in [4.69, 9.17) is 25.6 Å². The van der Waals surface area contributed by atoms with Gasteiger partial charge in [0.2, 0.25) is 0 Å². The van der Waals surface area contributed by atoms with Crippen LogP contribution in [0.15, 0.2) is 47.1 Å². The number of pyridine rings is 1. The second-order valence-electron chi connectivity index (χ2n) is 7.89. The fourth-order valence-corrected chi connectivity index (χ4v) is 4.82. The van der Waals surface area contributed by atoms with Gasteiger partial charge in [0.15, 0.2) is 11.9 Å². The molecule has 0 saturated heterocycles. The molecule has 2 aliphatic heterocycles. The summed E-state index contributed by atoms with van der Waals surface area (Å²) in [7, 11) is 1.65. The van der Waals surface area contributed by atoms with E-state index in [0.717, 1.165) is 75.6 Å². The van der Waals surface area contributed by atoms with Gasteiger partial charge in [-0.2, -0.15) is 0 Å². The van der Waals surface area contributed by atoms with Gasteiger partial charge in [-0.25, -0.2) is 0 Å². The minimum Gasteiger partial charge on any atom is -0.497 e. The van der Waals surface area contributed by atoms with Crippen molar-refractivity contribution in [3.05, 3.63) is 70.2 Å². The molecule has 0 fully saturated rings. The molecular weight excluding hydrogens is 414 g/mol. The maximum absolute atomic E-state index is 6.53. The summed E-state index contributed by atoms with van der Waals surface area (Å²) in [5, 5.41) is 9.37. The standard InChI is InChI=1S/C24H20ClN3O3/c1-29-15-2-3-17-16(4-7-27-21(17)11-15)18-10-14(25)8-13-9-22(30-23(13)18)24-19-12-26-6-5-20(19)28-31-24/h2-4,7-8,10-11,22,26H,5-6,9,12H2,1H3. The molecule has 0 spiro atoms. The molecule has 4 heterocycles. The summed E-state index contributed by atoms with van der Waals surface area (Å²) < 4.78 is 17.6. The fourth-order valence-electron chi connectivity index (χ4n) is 4.58. The average Bonchev–Trinajstić information content (AvgIpc) is 3.41. The smallest absolute Gasteiger partial charge is 0.182 e. The third-order valence-corrected chi connectivity index (χ3v) is 6.29. The van der Waals surface area contributed by atoms with E-state index in [1.807, 2.05) is 36.4 Å². The summed E-state index contributed by atoms with van der Waals surface area (Å²) in [5.74, 6) is 2.42. The first-order valence-corrected chi connectivity index (χ1v) is 10.7. The number of nitrogens with zero attached hydrogens (tertiary/aromatic N) is 2. The highest BCUT2D eigenvalue weighted by atomic mass is 35.5. The van der Waals surface area contributed by atoms with E-state index in [0.29, 0.717) is 11.4 Å². The van der Waals surface area contributed by atoms with Gasteiger partial charge >= 0.3 is 0 Å². The van der Waals surface area contributed by atoms with E-state index < -0.39 is 0 Å². The molecule has 31 heavy (non-hydrogen) atoms. The van der Waals surface area contributed by atoms with Crippen LogP contribution in [0.5, 0.6) is 11.5 Å². The highest BCUT2D eigenvalue weighted by Gasteiger charge is 2.34. The minimum absolute atomic E-state index is 0.212. The summed E-state index contributed by atoms with van der Waals surface area (Å²) in [6.45, 7) is 1.68. The number of hydrogen-bond donors (Lipinski definition) is 1. The Bertz CT molecular complexity index is 1320. The highest BCUT2D eigenvalue weighted by Crippen LogP contribution is 2.47. The first-order chi connectivity index (χ1) is 15.2. The number of nitrogens with one attached hydrogen (secondary N) is 1. The molecule has 4 aromatic rings. The second kappa shape index (κ2) is 7.25. The quantitative estimate of drug-likeness (QED) is 0.497. The zero-order valence-electron chi connectivity index (χ0n) is 16.9. The molecule has 6 rings (SSSR count). The van der Waals surface area contributed by atoms with Gasteiger partial charge in [-0.15, -0.1) is 0 Å². The van der Waals surface area contributed by atoms with Crippen molar-refractivity contribution in [2.45, 2.75) is 25.5 Å². The molecule has 0 aliphatic carbocycles. The number of halogens is 1. The fraction of sp³-hybridized carbons (Fsp3) is 0.250. The van der Waals surface area contributed by atoms with E-state index in [9.17, 15) is 0 Å². The summed E-state index contributed by atoms with van der Waals surface area (Å²) in [5.41, 5.74) is 6.05. The maximum Gasteiger partial charge on any atom is 0.182 e. The molecule has 7 heteroatoms. The molecule has 2 aromatic carbocycles. The van der Waals surface area contributed by atoms with Crippen LogP contribution in [-0.4, -0.2) is 23.8 Å². The third kappa shape index (κ3) is 3.06. The van der Waals surface area contributed by atoms with Gasteiger partial charge in [-0.1, -0.05) is 16.8 Å². The Morgan fingerprint density at radius 3 is 3.00 bits per heavy atom. The molecule has 156 valence electrons. The number of aromatic nitrogens is 2. The number of fused-ring (bicyclic) bond motifs is 3. The lowest BCUT2D eigenvalue weighted by Gasteiger charge is -2.15. The van der Waals surface area contributed by atoms with E-state index in [2.05, 4.69) is 15.5 Å². The molecule has 0 saturated carbocycles. The zero-order valence-corrected chi connectivity index (χ0v) is 17.7. The van der Waals surface area contributed by atoms with Crippen LogP contribution in [0.1, 0.15) is 28.7 Å². The molecule has 0 bridgehead atoms. The molecule has 6 nitrogen and oxygen atoms in total. The van der Waals surface area contributed by atoms with E-state index in [-0.39, 0.29) is 6.10 Å². The molecule has 0 amide bonds. The van der Waals surface area contributed by atoms with Gasteiger partial charge in [0, 0.05) is 65.3 Å². The molecule has 1 N–H and O–H groups in total. The average molecular weight is 434 g/mol. The Hall–Kier alpha value is -3.09. The van der Waals surface area contributed by atoms with Crippen molar-refractivity contribution in [2.24, 2.45) is 0 Å². The van der Waals surface area contributed by atoms with Crippen molar-refractivity contribution in [3.8, 4) is 22.6 Å². The van der Waals surface area contributed by atoms with Crippen LogP contribution in [0.3, 0.4) is 0 Å². The van der Waals surface area contributed by atoms with Crippen molar-refractivity contribution in [3.63, 3.8) is 0 Å². The molecule has 2 aliphatic rings. The molecule has 0 radical (unpaired) electrons. The van der Waals surface area contributed by atoms with Gasteiger partial charge in [0.1, 0.15) is 11.5 Å². The lowest BCUT2D eigenvalue weighted by molar-refractivity contribution is 0.189. The van der Waals surface area contributed by atoms with Crippen LogP contribution in [0.25, 0.3) is 22.0 Å². The van der Waals surface area contributed by atoms with E-state index >= 15 is 0 Å². The van der Waals surface area contributed by atoms with Crippen molar-refractivity contribution in [1.82, 2.24) is 15.5 Å². The number of hydrogen-bond acceptors (Lipinski definition) is 6. The zero-order chi connectivity index (χ0) is 20.9. The first kappa shape index (κ1) is 18.7. The predicted molar refractivity (Wildman–Crippen MR) is 118 cm³/mol. The van der Waals surface area contributed by atoms with Crippen LogP contribution in [-0.2, 0) is 19.4 Å². The van der Waals surface area contributed by atoms with Gasteiger partial charge in [0.25, 0.3) is 0 Å². The number of benzene rings is 2. The number of rotatable bonds is 3. The minimum atomic E-state index is -0.212. The van der Waals surface area contributed by atoms with Crippen molar-refractivity contribution in [1.29, 1.82) is 0 Å². The van der Waals surface area contributed by atoms with Gasteiger partial charge in [0.05, 0.1) is 18.3 Å². The molecule has 1 unspecified atom stereocenters. The summed E-state index contributed by atoms with van der Waals surface area (Å²) in [6.07, 6.45) is 3.16. The summed E-state index contributed by atoms with van der Waals surface area (Å²) >= 11 is 6.53. The van der Waals surface area contributed by atoms with E-state index in [1.165, 1.54) is 0 Å². The molecule has 1 atom stereocenters. The van der Waals surface area contributed by atoms with Gasteiger partial charge in [-0.3, -0.25) is 4.98 Å². The predicted octanol–water partition coefficient (Wildman–Crippen LogP) is 4.87. The normalized spacial score (nSPS) is 17.3. The van der Waals surface area contributed by atoms with Crippen LogP contribution in [0, 0.1) is 0 Å². The van der Waals surface area contributed by atoms with Crippen molar-refractivity contribution >= 4 is 22.5 Å². The number of ether oxygens (including phenoxy) is 2. The summed E-state index contributed by atoms with van der Waals surface area (Å²) in [6, 6.07) is 11.8. The number of methoxy groups -OCH3 is 1. The second-order valence-corrected chi connectivity index (χ2v) is 8.33. The summed E-state index contributed by atoms with van der Waals surface area (Å²) in [4.78, 5) is 4.51. The van der Waals surface area contributed by atoms with Crippen LogP contribution < -0.4 is 14.8 Å². The maximum atomic E-state index is 6.53. The van der Waals surface area contributed by atoms with E-state index in [1.54, 1.807) is 13.3 Å². The SMILES string of the molecule is COc1ccc2c(-c3cc(Cl)cc4c3OC(c3onc5c3CNCC5)C4)ccnc2c1. The Balaban J connectivity index is 1.45. The Morgan fingerprint density at radius 2 is 2.10 bits per heavy atom.